The van der Waals surface area contributed by atoms with Crippen molar-refractivity contribution in [2.24, 2.45) is 5.92 Å². The predicted octanol–water partition coefficient (Wildman–Crippen LogP) is 5.73. The quantitative estimate of drug-likeness (QED) is 0.638. The number of hydrogen-bond acceptors (Lipinski definition) is 1. The lowest BCUT2D eigenvalue weighted by Gasteiger charge is -2.34. The number of carbonyl (C=O) groups is 1. The van der Waals surface area contributed by atoms with Crippen molar-refractivity contribution in [2.45, 2.75) is 32.1 Å². The minimum atomic E-state index is -0.109. The van der Waals surface area contributed by atoms with Gasteiger partial charge in [0.25, 0.3) is 0 Å². The number of nitrogens with one attached hydrogen (secondary N) is 1. The highest BCUT2D eigenvalue weighted by atomic mass is 16.1. The first-order chi connectivity index (χ1) is 13.0. The summed E-state index contributed by atoms with van der Waals surface area (Å²) in [4.78, 5) is 12.5. The minimum Gasteiger partial charge on any atom is -0.326 e. The van der Waals surface area contributed by atoms with Crippen molar-refractivity contribution in [3.63, 3.8) is 0 Å². The Morgan fingerprint density at radius 2 is 1.44 bits per heavy atom. The zero-order valence-corrected chi connectivity index (χ0v) is 16.1. The third kappa shape index (κ3) is 3.06. The van der Waals surface area contributed by atoms with Crippen molar-refractivity contribution in [3.05, 3.63) is 101 Å². The van der Waals surface area contributed by atoms with Crippen molar-refractivity contribution in [3.8, 4) is 0 Å². The Morgan fingerprint density at radius 3 is 2.11 bits per heavy atom. The van der Waals surface area contributed by atoms with Crippen LogP contribution in [-0.2, 0) is 10.2 Å². The maximum atomic E-state index is 12.5. The lowest BCUT2D eigenvalue weighted by Crippen LogP contribution is -2.32. The van der Waals surface area contributed by atoms with Crippen molar-refractivity contribution in [1.29, 1.82) is 0 Å². The van der Waals surface area contributed by atoms with E-state index in [2.05, 4.69) is 79.8 Å². The average Bonchev–Trinajstić information content (AvgIpc) is 2.70. The predicted molar refractivity (Wildman–Crippen MR) is 111 cm³/mol. The van der Waals surface area contributed by atoms with Gasteiger partial charge < -0.3 is 5.32 Å². The van der Waals surface area contributed by atoms with Crippen LogP contribution in [0.15, 0.2) is 78.9 Å². The normalized spacial score (nSPS) is 19.3. The fraction of sp³-hybridized carbons (Fsp3) is 0.240. The van der Waals surface area contributed by atoms with Crippen molar-refractivity contribution in [1.82, 2.24) is 0 Å². The molecule has 0 spiro atoms. The van der Waals surface area contributed by atoms with Crippen LogP contribution in [0.25, 0.3) is 0 Å². The molecule has 1 aliphatic heterocycles. The first-order valence-electron chi connectivity index (χ1n) is 9.54. The maximum absolute atomic E-state index is 12.5. The molecular formula is C25H25NO. The van der Waals surface area contributed by atoms with E-state index in [1.54, 1.807) is 0 Å². The van der Waals surface area contributed by atoms with Crippen LogP contribution in [-0.4, -0.2) is 5.91 Å². The molecule has 2 unspecified atom stereocenters. The largest absolute Gasteiger partial charge is 0.326 e. The van der Waals surface area contributed by atoms with Gasteiger partial charge in [-0.25, -0.2) is 0 Å². The van der Waals surface area contributed by atoms with Crippen LogP contribution < -0.4 is 5.32 Å². The fourth-order valence-electron chi connectivity index (χ4n) is 4.14. The van der Waals surface area contributed by atoms with Gasteiger partial charge >= 0.3 is 0 Å². The Labute approximate surface area is 161 Å². The lowest BCUT2D eigenvalue weighted by atomic mass is 9.73. The summed E-state index contributed by atoms with van der Waals surface area (Å²) < 4.78 is 0. The van der Waals surface area contributed by atoms with Gasteiger partial charge in [0.1, 0.15) is 0 Å². The summed E-state index contributed by atoms with van der Waals surface area (Å²) in [5.74, 6) is 0.0582. The van der Waals surface area contributed by atoms with Crippen LogP contribution >= 0.6 is 0 Å². The second-order valence-corrected chi connectivity index (χ2v) is 7.96. The van der Waals surface area contributed by atoms with E-state index in [0.29, 0.717) is 0 Å². The Morgan fingerprint density at radius 1 is 0.815 bits per heavy atom. The van der Waals surface area contributed by atoms with E-state index in [1.807, 2.05) is 25.1 Å². The van der Waals surface area contributed by atoms with Crippen LogP contribution in [0, 0.1) is 5.92 Å². The molecule has 3 aromatic carbocycles. The number of hydrogen-bond donors (Lipinski definition) is 1. The molecule has 0 saturated carbocycles. The summed E-state index contributed by atoms with van der Waals surface area (Å²) >= 11 is 0. The van der Waals surface area contributed by atoms with Crippen LogP contribution in [0.2, 0.25) is 0 Å². The summed E-state index contributed by atoms with van der Waals surface area (Å²) in [5, 5.41) is 3.09. The molecule has 2 atom stereocenters. The summed E-state index contributed by atoms with van der Waals surface area (Å²) in [6.07, 6.45) is 0. The molecule has 0 radical (unpaired) electrons. The Balaban J connectivity index is 1.85. The number of carbonyl (C=O) groups excluding carboxylic acids is 1. The topological polar surface area (TPSA) is 29.1 Å². The van der Waals surface area contributed by atoms with Crippen LogP contribution in [0.4, 0.5) is 5.69 Å². The maximum Gasteiger partial charge on any atom is 0.228 e. The summed E-state index contributed by atoms with van der Waals surface area (Å²) in [6, 6.07) is 27.4. The van der Waals surface area contributed by atoms with E-state index in [4.69, 9.17) is 0 Å². The third-order valence-electron chi connectivity index (χ3n) is 5.93. The van der Waals surface area contributed by atoms with Crippen LogP contribution in [0.5, 0.6) is 0 Å². The molecule has 4 rings (SSSR count). The van der Waals surface area contributed by atoms with Gasteiger partial charge in [-0.2, -0.15) is 0 Å². The fourth-order valence-corrected chi connectivity index (χ4v) is 4.14. The molecule has 0 aromatic heterocycles. The van der Waals surface area contributed by atoms with Crippen molar-refractivity contribution >= 4 is 11.6 Å². The summed E-state index contributed by atoms with van der Waals surface area (Å²) in [5.41, 5.74) is 5.76. The molecule has 136 valence electrons. The van der Waals surface area contributed by atoms with E-state index in [1.165, 1.54) is 22.3 Å². The smallest absolute Gasteiger partial charge is 0.228 e. The Bertz CT molecular complexity index is 960. The Kier molecular flexibility index (Phi) is 4.35. The highest BCUT2D eigenvalue weighted by molar-refractivity contribution is 5.97. The van der Waals surface area contributed by atoms with Crippen LogP contribution in [0.1, 0.15) is 48.9 Å². The third-order valence-corrected chi connectivity index (χ3v) is 5.93. The number of rotatable bonds is 3. The highest BCUT2D eigenvalue weighted by Gasteiger charge is 2.35. The van der Waals surface area contributed by atoms with Gasteiger partial charge in [0.15, 0.2) is 0 Å². The van der Waals surface area contributed by atoms with E-state index >= 15 is 0 Å². The van der Waals surface area contributed by atoms with E-state index in [0.717, 1.165) is 5.69 Å². The van der Waals surface area contributed by atoms with E-state index < -0.39 is 0 Å². The van der Waals surface area contributed by atoms with Gasteiger partial charge in [0.05, 0.1) is 0 Å². The van der Waals surface area contributed by atoms with Gasteiger partial charge in [-0.1, -0.05) is 93.6 Å². The van der Waals surface area contributed by atoms with Gasteiger partial charge in [0.2, 0.25) is 5.91 Å². The molecule has 1 aliphatic rings. The molecule has 0 aliphatic carbocycles. The molecule has 1 N–H and O–H groups in total. The monoisotopic (exact) mass is 355 g/mol. The van der Waals surface area contributed by atoms with Crippen molar-refractivity contribution in [2.75, 3.05) is 5.32 Å². The molecular weight excluding hydrogens is 330 g/mol. The molecule has 0 bridgehead atoms. The lowest BCUT2D eigenvalue weighted by molar-refractivity contribution is -0.120. The summed E-state index contributed by atoms with van der Waals surface area (Å²) in [7, 11) is 0. The van der Waals surface area contributed by atoms with Gasteiger partial charge in [-0.05, 0) is 28.3 Å². The SMILES string of the molecule is CC1C(=O)Nc2ccc(C(C)(C)c3ccccc3)cc2C1c1ccccc1. The second-order valence-electron chi connectivity index (χ2n) is 7.96. The van der Waals surface area contributed by atoms with Crippen molar-refractivity contribution < 1.29 is 4.79 Å². The first kappa shape index (κ1) is 17.5. The molecule has 0 saturated heterocycles. The number of fused-ring (bicyclic) bond motifs is 1. The average molecular weight is 355 g/mol. The molecule has 1 heterocycles. The minimum absolute atomic E-state index is 0.0708. The Hall–Kier alpha value is -2.87. The van der Waals surface area contributed by atoms with E-state index in [-0.39, 0.29) is 23.2 Å². The summed E-state index contributed by atoms with van der Waals surface area (Å²) in [6.45, 7) is 6.53. The molecule has 0 fully saturated rings. The first-order valence-corrected chi connectivity index (χ1v) is 9.54. The van der Waals surface area contributed by atoms with E-state index in [9.17, 15) is 4.79 Å². The van der Waals surface area contributed by atoms with Gasteiger partial charge in [-0.3, -0.25) is 4.79 Å². The standard InChI is InChI=1S/C25H25NO/c1-17-23(18-10-6-4-7-11-18)21-16-20(14-15-22(21)26-24(17)27)25(2,3)19-12-8-5-9-13-19/h4-17,23H,1-3H3,(H,26,27). The van der Waals surface area contributed by atoms with Gasteiger partial charge in [0, 0.05) is 22.9 Å². The highest BCUT2D eigenvalue weighted by Crippen LogP contribution is 2.43. The zero-order valence-electron chi connectivity index (χ0n) is 16.1. The van der Waals surface area contributed by atoms with Crippen LogP contribution in [0.3, 0.4) is 0 Å². The number of anilines is 1. The molecule has 1 amide bonds. The number of benzene rings is 3. The molecule has 27 heavy (non-hydrogen) atoms. The second kappa shape index (κ2) is 6.70. The zero-order chi connectivity index (χ0) is 19.0. The molecule has 2 nitrogen and oxygen atoms in total. The van der Waals surface area contributed by atoms with Gasteiger partial charge in [-0.15, -0.1) is 0 Å². The molecule has 3 aromatic rings. The number of amides is 1. The molecule has 2 heteroatoms.